The number of carbonyl (C=O) groups is 1. The molecule has 10 nitrogen and oxygen atoms in total. The number of aromatic nitrogens is 5. The zero-order valence-electron chi connectivity index (χ0n) is 19.6. The fraction of sp³-hybridized carbons (Fsp3) is 0.320. The van der Waals surface area contributed by atoms with E-state index in [4.69, 9.17) is 20.2 Å². The fourth-order valence-corrected chi connectivity index (χ4v) is 4.53. The molecule has 1 amide bonds. The number of hydrogen-bond donors (Lipinski definition) is 2. The Balaban J connectivity index is 1.31. The number of methoxy groups -OCH3 is 2. The number of hydrogen-bond acceptors (Lipinski definition) is 8. The molecule has 0 bridgehead atoms. The number of rotatable bonds is 6. The summed E-state index contributed by atoms with van der Waals surface area (Å²) in [6.45, 7) is 0. The van der Waals surface area contributed by atoms with Gasteiger partial charge >= 0.3 is 0 Å². The first kappa shape index (κ1) is 22.6. The lowest BCUT2D eigenvalue weighted by Gasteiger charge is -2.28. The summed E-state index contributed by atoms with van der Waals surface area (Å²) in [4.78, 5) is 30.7. The second-order valence-electron chi connectivity index (χ2n) is 8.57. The van der Waals surface area contributed by atoms with Crippen molar-refractivity contribution in [2.75, 3.05) is 25.3 Å². The van der Waals surface area contributed by atoms with Crippen molar-refractivity contribution in [1.29, 1.82) is 0 Å². The van der Waals surface area contributed by atoms with Crippen LogP contribution in [-0.4, -0.2) is 44.6 Å². The Labute approximate surface area is 202 Å². The van der Waals surface area contributed by atoms with E-state index in [-0.39, 0.29) is 17.9 Å². The van der Waals surface area contributed by atoms with Gasteiger partial charge in [-0.1, -0.05) is 6.07 Å². The van der Waals surface area contributed by atoms with Gasteiger partial charge in [0, 0.05) is 41.5 Å². The first-order chi connectivity index (χ1) is 17.1. The summed E-state index contributed by atoms with van der Waals surface area (Å²) < 4.78 is 12.4. The molecule has 0 unspecified atom stereocenters. The van der Waals surface area contributed by atoms with Gasteiger partial charge in [-0.2, -0.15) is 0 Å². The van der Waals surface area contributed by atoms with Crippen molar-refractivity contribution >= 4 is 28.6 Å². The average molecular weight is 474 g/mol. The number of fused-ring (bicyclic) bond motifs is 1. The Morgan fingerprint density at radius 2 is 1.89 bits per heavy atom. The quantitative estimate of drug-likeness (QED) is 0.432. The Hall–Kier alpha value is -4.21. The van der Waals surface area contributed by atoms with Crippen LogP contribution in [0, 0.1) is 5.92 Å². The molecule has 0 saturated heterocycles. The average Bonchev–Trinajstić information content (AvgIpc) is 3.33. The highest BCUT2D eigenvalue weighted by molar-refractivity contribution is 5.92. The molecule has 0 spiro atoms. The zero-order chi connectivity index (χ0) is 24.4. The van der Waals surface area contributed by atoms with Crippen LogP contribution in [0.25, 0.3) is 22.6 Å². The minimum atomic E-state index is -0.0483. The summed E-state index contributed by atoms with van der Waals surface area (Å²) in [6.07, 6.45) is 6.65. The highest BCUT2D eigenvalue weighted by Gasteiger charge is 2.28. The molecule has 1 aromatic carbocycles. The predicted octanol–water partition coefficient (Wildman–Crippen LogP) is 3.86. The number of pyridine rings is 1. The molecule has 1 aliphatic carbocycles. The van der Waals surface area contributed by atoms with Gasteiger partial charge in [-0.15, -0.1) is 0 Å². The van der Waals surface area contributed by atoms with Crippen molar-refractivity contribution in [3.63, 3.8) is 0 Å². The van der Waals surface area contributed by atoms with E-state index in [1.54, 1.807) is 32.8 Å². The summed E-state index contributed by atoms with van der Waals surface area (Å²) in [7, 11) is 3.18. The fourth-order valence-electron chi connectivity index (χ4n) is 4.53. The molecular formula is C25H27N7O3. The lowest BCUT2D eigenvalue weighted by molar-refractivity contribution is -0.120. The van der Waals surface area contributed by atoms with E-state index in [0.717, 1.165) is 36.9 Å². The molecule has 3 N–H and O–H groups in total. The number of imidazole rings is 1. The summed E-state index contributed by atoms with van der Waals surface area (Å²) in [5.41, 5.74) is 8.96. The molecular weight excluding hydrogens is 446 g/mol. The van der Waals surface area contributed by atoms with Gasteiger partial charge in [0.15, 0.2) is 17.3 Å². The largest absolute Gasteiger partial charge is 0.497 e. The van der Waals surface area contributed by atoms with E-state index in [1.807, 2.05) is 30.3 Å². The Morgan fingerprint density at radius 3 is 2.60 bits per heavy atom. The Morgan fingerprint density at radius 1 is 1.06 bits per heavy atom. The maximum atomic E-state index is 12.8. The maximum absolute atomic E-state index is 12.8. The number of nitrogens with zero attached hydrogens (tertiary/aromatic N) is 5. The molecule has 180 valence electrons. The third-order valence-corrected chi connectivity index (χ3v) is 6.45. The van der Waals surface area contributed by atoms with Gasteiger partial charge in [-0.25, -0.2) is 19.9 Å². The van der Waals surface area contributed by atoms with Crippen molar-refractivity contribution in [3.05, 3.63) is 48.9 Å². The predicted molar refractivity (Wildman–Crippen MR) is 132 cm³/mol. The van der Waals surface area contributed by atoms with Crippen LogP contribution in [-0.2, 0) is 4.79 Å². The van der Waals surface area contributed by atoms with E-state index in [1.165, 1.54) is 0 Å². The van der Waals surface area contributed by atoms with Crippen LogP contribution < -0.4 is 20.5 Å². The number of nitrogen functional groups attached to an aromatic ring is 1. The lowest BCUT2D eigenvalue weighted by atomic mass is 9.85. The molecule has 4 aromatic rings. The van der Waals surface area contributed by atoms with Crippen LogP contribution in [0.1, 0.15) is 31.7 Å². The first-order valence-corrected chi connectivity index (χ1v) is 11.5. The summed E-state index contributed by atoms with van der Waals surface area (Å²) in [6, 6.07) is 11.2. The van der Waals surface area contributed by atoms with Crippen LogP contribution in [0.2, 0.25) is 0 Å². The van der Waals surface area contributed by atoms with E-state index >= 15 is 0 Å². The minimum Gasteiger partial charge on any atom is -0.497 e. The van der Waals surface area contributed by atoms with Gasteiger partial charge < -0.3 is 25.1 Å². The third kappa shape index (κ3) is 4.59. The zero-order valence-corrected chi connectivity index (χ0v) is 19.6. The van der Waals surface area contributed by atoms with E-state index in [9.17, 15) is 4.79 Å². The number of anilines is 2. The normalized spacial score (nSPS) is 17.8. The highest BCUT2D eigenvalue weighted by Crippen LogP contribution is 2.35. The van der Waals surface area contributed by atoms with E-state index in [2.05, 4.69) is 24.8 Å². The van der Waals surface area contributed by atoms with Crippen molar-refractivity contribution in [2.45, 2.75) is 31.7 Å². The molecule has 1 saturated carbocycles. The molecule has 5 rings (SSSR count). The van der Waals surface area contributed by atoms with Gasteiger partial charge in [-0.3, -0.25) is 4.79 Å². The van der Waals surface area contributed by atoms with Crippen molar-refractivity contribution < 1.29 is 14.3 Å². The van der Waals surface area contributed by atoms with Crippen LogP contribution >= 0.6 is 0 Å². The smallest absolute Gasteiger partial charge is 0.227 e. The standard InChI is InChI=1S/C25H27N7O3/c1-34-19-5-3-4-17(12-19)29-25(33)15-6-9-18(10-7-15)32-14-28-21-22(26)30-23(31-24(21)32)16-8-11-20(35-2)27-13-16/h3-5,8,11-15,18H,6-7,9-10H2,1-2H3,(H,29,33)(H2,26,30,31). The van der Waals surface area contributed by atoms with Gasteiger partial charge in [0.25, 0.3) is 0 Å². The number of benzene rings is 1. The molecule has 0 radical (unpaired) electrons. The number of nitrogens with one attached hydrogen (secondary N) is 1. The first-order valence-electron chi connectivity index (χ1n) is 11.5. The van der Waals surface area contributed by atoms with Crippen LogP contribution in [0.3, 0.4) is 0 Å². The second-order valence-corrected chi connectivity index (χ2v) is 8.57. The maximum Gasteiger partial charge on any atom is 0.227 e. The van der Waals surface area contributed by atoms with Gasteiger partial charge in [0.05, 0.1) is 20.5 Å². The van der Waals surface area contributed by atoms with Crippen LogP contribution in [0.15, 0.2) is 48.9 Å². The van der Waals surface area contributed by atoms with Gasteiger partial charge in [0.2, 0.25) is 11.8 Å². The van der Waals surface area contributed by atoms with E-state index < -0.39 is 0 Å². The highest BCUT2D eigenvalue weighted by atomic mass is 16.5. The molecule has 3 heterocycles. The molecule has 1 fully saturated rings. The summed E-state index contributed by atoms with van der Waals surface area (Å²) >= 11 is 0. The second kappa shape index (κ2) is 9.57. The molecule has 3 aromatic heterocycles. The topological polar surface area (TPSA) is 130 Å². The Kier molecular flexibility index (Phi) is 6.17. The van der Waals surface area contributed by atoms with Crippen molar-refractivity contribution in [3.8, 4) is 23.0 Å². The van der Waals surface area contributed by atoms with Gasteiger partial charge in [-0.05, 0) is 43.9 Å². The number of carbonyl (C=O) groups excluding carboxylic acids is 1. The molecule has 35 heavy (non-hydrogen) atoms. The number of nitrogens with two attached hydrogens (primary N) is 1. The summed E-state index contributed by atoms with van der Waals surface area (Å²) in [5, 5.41) is 3.02. The molecule has 10 heteroatoms. The monoisotopic (exact) mass is 473 g/mol. The Bertz CT molecular complexity index is 1350. The third-order valence-electron chi connectivity index (χ3n) is 6.45. The van der Waals surface area contributed by atoms with E-state index in [0.29, 0.717) is 34.4 Å². The summed E-state index contributed by atoms with van der Waals surface area (Å²) in [5.74, 6) is 2.02. The van der Waals surface area contributed by atoms with Crippen molar-refractivity contribution in [1.82, 2.24) is 24.5 Å². The number of ether oxygens (including phenoxy) is 2. The minimum absolute atomic E-state index is 0.0352. The molecule has 0 aliphatic heterocycles. The van der Waals surface area contributed by atoms with Crippen molar-refractivity contribution in [2.24, 2.45) is 5.92 Å². The van der Waals surface area contributed by atoms with Crippen LogP contribution in [0.5, 0.6) is 11.6 Å². The van der Waals surface area contributed by atoms with Crippen LogP contribution in [0.4, 0.5) is 11.5 Å². The molecule has 0 atom stereocenters. The number of amides is 1. The van der Waals surface area contributed by atoms with Gasteiger partial charge in [0.1, 0.15) is 11.3 Å². The lowest BCUT2D eigenvalue weighted by Crippen LogP contribution is -2.28. The molecule has 1 aliphatic rings. The SMILES string of the molecule is COc1cccc(NC(=O)C2CCC(n3cnc4c(N)nc(-c5ccc(OC)nc5)nc43)CC2)c1.